The van der Waals surface area contributed by atoms with Crippen LogP contribution in [0.15, 0.2) is 36.4 Å². The summed E-state index contributed by atoms with van der Waals surface area (Å²) in [7, 11) is 0. The Kier molecular flexibility index (Phi) is 3.41. The summed E-state index contributed by atoms with van der Waals surface area (Å²) in [5.74, 6) is -0.534. The van der Waals surface area contributed by atoms with Crippen LogP contribution in [0.1, 0.15) is 23.1 Å². The fourth-order valence-electron chi connectivity index (χ4n) is 1.60. The van der Waals surface area contributed by atoms with Crippen LogP contribution in [0.4, 0.5) is 4.39 Å². The minimum atomic E-state index is -1.08. The highest BCUT2D eigenvalue weighted by Gasteiger charge is 2.16. The Morgan fingerprint density at radius 3 is 2.71 bits per heavy atom. The summed E-state index contributed by atoms with van der Waals surface area (Å²) in [5.41, 5.74) is 1.37. The zero-order valence-electron chi connectivity index (χ0n) is 9.19. The SMILES string of the molecule is Cc1cccc(C(O)c2ccc(Cl)cc2F)n1. The monoisotopic (exact) mass is 251 g/mol. The van der Waals surface area contributed by atoms with Crippen molar-refractivity contribution < 1.29 is 9.50 Å². The van der Waals surface area contributed by atoms with Crippen LogP contribution in [0, 0.1) is 12.7 Å². The number of rotatable bonds is 2. The standard InChI is InChI=1S/C13H11ClFNO/c1-8-3-2-4-12(16-8)13(17)10-6-5-9(14)7-11(10)15/h2-7,13,17H,1H3. The fourth-order valence-corrected chi connectivity index (χ4v) is 1.76. The van der Waals surface area contributed by atoms with Crippen molar-refractivity contribution in [2.45, 2.75) is 13.0 Å². The molecule has 0 aliphatic heterocycles. The fraction of sp³-hybridized carbons (Fsp3) is 0.154. The van der Waals surface area contributed by atoms with E-state index in [0.29, 0.717) is 10.7 Å². The third kappa shape index (κ3) is 2.62. The molecule has 1 atom stereocenters. The number of hydrogen-bond acceptors (Lipinski definition) is 2. The van der Waals surface area contributed by atoms with Gasteiger partial charge in [0.2, 0.25) is 0 Å². The number of aryl methyl sites for hydroxylation is 1. The topological polar surface area (TPSA) is 33.1 Å². The molecule has 0 amide bonds. The molecule has 1 heterocycles. The number of nitrogens with zero attached hydrogens (tertiary/aromatic N) is 1. The second-order valence-electron chi connectivity index (χ2n) is 3.77. The highest BCUT2D eigenvalue weighted by molar-refractivity contribution is 6.30. The van der Waals surface area contributed by atoms with Gasteiger partial charge in [-0.15, -0.1) is 0 Å². The predicted octanol–water partition coefficient (Wildman–Crippen LogP) is 3.26. The summed E-state index contributed by atoms with van der Waals surface area (Å²) >= 11 is 5.66. The number of aliphatic hydroxyl groups excluding tert-OH is 1. The molecule has 1 N–H and O–H groups in total. The molecule has 0 saturated heterocycles. The lowest BCUT2D eigenvalue weighted by Gasteiger charge is -2.12. The van der Waals surface area contributed by atoms with Gasteiger partial charge in [-0.2, -0.15) is 0 Å². The van der Waals surface area contributed by atoms with Gasteiger partial charge in [-0.1, -0.05) is 23.7 Å². The van der Waals surface area contributed by atoms with Crippen LogP contribution in [0.2, 0.25) is 5.02 Å². The summed E-state index contributed by atoms with van der Waals surface area (Å²) in [6.07, 6.45) is -1.08. The summed E-state index contributed by atoms with van der Waals surface area (Å²) in [5, 5.41) is 10.3. The van der Waals surface area contributed by atoms with Crippen molar-refractivity contribution in [3.63, 3.8) is 0 Å². The molecule has 1 aromatic heterocycles. The van der Waals surface area contributed by atoms with E-state index in [9.17, 15) is 9.50 Å². The predicted molar refractivity (Wildman–Crippen MR) is 64.4 cm³/mol. The van der Waals surface area contributed by atoms with E-state index in [1.165, 1.54) is 12.1 Å². The van der Waals surface area contributed by atoms with Gasteiger partial charge in [-0.3, -0.25) is 4.98 Å². The van der Waals surface area contributed by atoms with Gasteiger partial charge in [-0.05, 0) is 31.2 Å². The number of benzene rings is 1. The van der Waals surface area contributed by atoms with Crippen molar-refractivity contribution in [1.82, 2.24) is 4.98 Å². The molecule has 17 heavy (non-hydrogen) atoms. The zero-order chi connectivity index (χ0) is 12.4. The number of halogens is 2. The van der Waals surface area contributed by atoms with Gasteiger partial charge >= 0.3 is 0 Å². The summed E-state index contributed by atoms with van der Waals surface area (Å²) in [6.45, 7) is 1.81. The summed E-state index contributed by atoms with van der Waals surface area (Å²) in [4.78, 5) is 4.16. The minimum absolute atomic E-state index is 0.174. The molecule has 0 saturated carbocycles. The lowest BCUT2D eigenvalue weighted by atomic mass is 10.1. The number of aromatic nitrogens is 1. The van der Waals surface area contributed by atoms with E-state index in [-0.39, 0.29) is 5.56 Å². The van der Waals surface area contributed by atoms with Gasteiger partial charge in [0, 0.05) is 16.3 Å². The summed E-state index contributed by atoms with van der Waals surface area (Å²) < 4.78 is 13.6. The highest BCUT2D eigenvalue weighted by Crippen LogP contribution is 2.25. The first-order valence-corrected chi connectivity index (χ1v) is 5.52. The minimum Gasteiger partial charge on any atom is -0.382 e. The Labute approximate surface area is 104 Å². The normalized spacial score (nSPS) is 12.5. The van der Waals surface area contributed by atoms with E-state index in [0.717, 1.165) is 5.69 Å². The van der Waals surface area contributed by atoms with E-state index < -0.39 is 11.9 Å². The molecule has 2 aromatic rings. The van der Waals surface area contributed by atoms with Gasteiger partial charge < -0.3 is 5.11 Å². The molecule has 88 valence electrons. The van der Waals surface area contributed by atoms with Gasteiger partial charge in [0.25, 0.3) is 0 Å². The Bertz CT molecular complexity index is 545. The first-order chi connectivity index (χ1) is 8.08. The van der Waals surface area contributed by atoms with Gasteiger partial charge in [0.1, 0.15) is 11.9 Å². The quantitative estimate of drug-likeness (QED) is 0.889. The van der Waals surface area contributed by atoms with E-state index in [4.69, 9.17) is 11.6 Å². The van der Waals surface area contributed by atoms with Crippen LogP contribution in [0.25, 0.3) is 0 Å². The molecule has 0 fully saturated rings. The highest BCUT2D eigenvalue weighted by atomic mass is 35.5. The third-order valence-corrected chi connectivity index (χ3v) is 2.68. The molecule has 0 radical (unpaired) electrons. The van der Waals surface area contributed by atoms with Crippen molar-refractivity contribution in [1.29, 1.82) is 0 Å². The van der Waals surface area contributed by atoms with Gasteiger partial charge in [-0.25, -0.2) is 4.39 Å². The maximum absolute atomic E-state index is 13.6. The van der Waals surface area contributed by atoms with Crippen LogP contribution >= 0.6 is 11.6 Å². The maximum atomic E-state index is 13.6. The molecular weight excluding hydrogens is 241 g/mol. The smallest absolute Gasteiger partial charge is 0.130 e. The van der Waals surface area contributed by atoms with Crippen LogP contribution in [-0.4, -0.2) is 10.1 Å². The van der Waals surface area contributed by atoms with Crippen molar-refractivity contribution in [3.05, 3.63) is 64.2 Å². The third-order valence-electron chi connectivity index (χ3n) is 2.45. The van der Waals surface area contributed by atoms with Crippen LogP contribution in [0.5, 0.6) is 0 Å². The zero-order valence-corrected chi connectivity index (χ0v) is 9.95. The van der Waals surface area contributed by atoms with Crippen molar-refractivity contribution in [2.75, 3.05) is 0 Å². The van der Waals surface area contributed by atoms with E-state index in [1.54, 1.807) is 18.2 Å². The van der Waals surface area contributed by atoms with E-state index in [2.05, 4.69) is 4.98 Å². The Morgan fingerprint density at radius 2 is 2.06 bits per heavy atom. The molecule has 1 aromatic carbocycles. The number of hydrogen-bond donors (Lipinski definition) is 1. The van der Waals surface area contributed by atoms with Crippen LogP contribution in [0.3, 0.4) is 0 Å². The number of aliphatic hydroxyl groups is 1. The largest absolute Gasteiger partial charge is 0.382 e. The Morgan fingerprint density at radius 1 is 1.29 bits per heavy atom. The Balaban J connectivity index is 2.40. The van der Waals surface area contributed by atoms with Crippen LogP contribution in [-0.2, 0) is 0 Å². The lowest BCUT2D eigenvalue weighted by molar-refractivity contribution is 0.210. The first kappa shape index (κ1) is 12.0. The van der Waals surface area contributed by atoms with Crippen molar-refractivity contribution >= 4 is 11.6 Å². The molecule has 2 nitrogen and oxygen atoms in total. The van der Waals surface area contributed by atoms with E-state index in [1.807, 2.05) is 13.0 Å². The lowest BCUT2D eigenvalue weighted by Crippen LogP contribution is -2.05. The maximum Gasteiger partial charge on any atom is 0.130 e. The molecule has 1 unspecified atom stereocenters. The molecule has 0 bridgehead atoms. The molecular formula is C13H11ClFNO. The average molecular weight is 252 g/mol. The number of pyridine rings is 1. The van der Waals surface area contributed by atoms with Crippen LogP contribution < -0.4 is 0 Å². The molecule has 4 heteroatoms. The summed E-state index contributed by atoms with van der Waals surface area (Å²) in [6, 6.07) is 9.43. The van der Waals surface area contributed by atoms with Gasteiger partial charge in [0.15, 0.2) is 0 Å². The van der Waals surface area contributed by atoms with Gasteiger partial charge in [0.05, 0.1) is 5.69 Å². The second-order valence-corrected chi connectivity index (χ2v) is 4.21. The molecule has 2 rings (SSSR count). The Hall–Kier alpha value is -1.45. The second kappa shape index (κ2) is 4.82. The molecule has 0 spiro atoms. The van der Waals surface area contributed by atoms with Crippen molar-refractivity contribution in [2.24, 2.45) is 0 Å². The van der Waals surface area contributed by atoms with Crippen molar-refractivity contribution in [3.8, 4) is 0 Å². The molecule has 0 aliphatic carbocycles. The molecule has 0 aliphatic rings. The van der Waals surface area contributed by atoms with E-state index >= 15 is 0 Å². The first-order valence-electron chi connectivity index (χ1n) is 5.14. The average Bonchev–Trinajstić information content (AvgIpc) is 2.28.